The van der Waals surface area contributed by atoms with Crippen molar-refractivity contribution in [3.05, 3.63) is 85.1 Å². The number of rotatable bonds is 5. The molecule has 0 spiro atoms. The number of hydrogen-bond acceptors (Lipinski definition) is 4. The molecule has 3 aromatic rings. The highest BCUT2D eigenvalue weighted by Gasteiger charge is 2.08. The van der Waals surface area contributed by atoms with Crippen LogP contribution in [0.25, 0.3) is 0 Å². The third-order valence-electron chi connectivity index (χ3n) is 2.96. The fourth-order valence-corrected chi connectivity index (χ4v) is 1.92. The van der Waals surface area contributed by atoms with Crippen molar-refractivity contribution >= 4 is 17.2 Å². The molecule has 2 aromatic carbocycles. The van der Waals surface area contributed by atoms with E-state index in [2.05, 4.69) is 20.9 Å². The first-order valence-corrected chi connectivity index (χ1v) is 6.91. The molecule has 5 nitrogen and oxygen atoms in total. The summed E-state index contributed by atoms with van der Waals surface area (Å²) >= 11 is 0. The van der Waals surface area contributed by atoms with Crippen LogP contribution in [0, 0.1) is 0 Å². The molecule has 0 atom stereocenters. The van der Waals surface area contributed by atoms with Crippen LogP contribution in [0.15, 0.2) is 95.4 Å². The maximum absolute atomic E-state index is 4.34. The molecule has 0 aliphatic carbocycles. The Morgan fingerprint density at radius 2 is 1.45 bits per heavy atom. The molecule has 3 rings (SSSR count). The summed E-state index contributed by atoms with van der Waals surface area (Å²) in [6, 6.07) is 25.1. The monoisotopic (exact) mass is 289 g/mol. The number of hydrogen-bond donors (Lipinski definition) is 1. The molecule has 0 saturated carbocycles. The molecule has 0 unspecified atom stereocenters. The van der Waals surface area contributed by atoms with Crippen LogP contribution in [0.2, 0.25) is 0 Å². The van der Waals surface area contributed by atoms with Crippen LogP contribution in [-0.2, 0) is 0 Å². The Hall–Kier alpha value is -3.21. The molecule has 1 N–H and O–H groups in total. The average Bonchev–Trinajstić information content (AvgIpc) is 2.61. The molecule has 22 heavy (non-hydrogen) atoms. The maximum Gasteiger partial charge on any atom is 0.153 e. The van der Waals surface area contributed by atoms with Crippen molar-refractivity contribution < 1.29 is 0 Å². The average molecular weight is 289 g/mol. The van der Waals surface area contributed by atoms with Gasteiger partial charge in [0.15, 0.2) is 5.82 Å². The largest absolute Gasteiger partial charge is 0.237 e. The number of benzene rings is 2. The van der Waals surface area contributed by atoms with Gasteiger partial charge in [0.25, 0.3) is 0 Å². The zero-order chi connectivity index (χ0) is 15.0. The smallest absolute Gasteiger partial charge is 0.153 e. The first-order valence-electron chi connectivity index (χ1n) is 6.91. The van der Waals surface area contributed by atoms with Gasteiger partial charge in [-0.15, -0.1) is 5.11 Å². The van der Waals surface area contributed by atoms with E-state index in [0.717, 1.165) is 17.2 Å². The van der Waals surface area contributed by atoms with Crippen LogP contribution in [0.4, 0.5) is 17.2 Å². The summed E-state index contributed by atoms with van der Waals surface area (Å²) in [6.07, 6.45) is 1.74. The zero-order valence-corrected chi connectivity index (χ0v) is 11.9. The van der Waals surface area contributed by atoms with E-state index < -0.39 is 0 Å². The Balaban J connectivity index is 1.82. The molecule has 0 bridgehead atoms. The van der Waals surface area contributed by atoms with E-state index in [1.807, 2.05) is 78.9 Å². The van der Waals surface area contributed by atoms with Gasteiger partial charge < -0.3 is 0 Å². The Labute approximate surface area is 128 Å². The highest BCUT2D eigenvalue weighted by atomic mass is 15.7. The minimum atomic E-state index is 0.737. The summed E-state index contributed by atoms with van der Waals surface area (Å²) in [6.45, 7) is 0. The third kappa shape index (κ3) is 3.46. The van der Waals surface area contributed by atoms with Gasteiger partial charge in [-0.05, 0) is 36.4 Å². The van der Waals surface area contributed by atoms with Crippen molar-refractivity contribution in [3.8, 4) is 0 Å². The number of pyridine rings is 1. The van der Waals surface area contributed by atoms with Crippen molar-refractivity contribution in [1.82, 2.24) is 10.5 Å². The highest BCUT2D eigenvalue weighted by Crippen LogP contribution is 2.20. The van der Waals surface area contributed by atoms with E-state index in [1.165, 1.54) is 0 Å². The standard InChI is InChI=1S/C17H15N5/c1-3-9-15(10-4-1)19-20-21-22(16-11-5-2-6-12-16)17-13-7-8-14-18-17/h1-14H,(H,19,21). The van der Waals surface area contributed by atoms with Gasteiger partial charge in [0.2, 0.25) is 0 Å². The molecule has 0 aliphatic heterocycles. The number of aromatic nitrogens is 1. The molecule has 0 radical (unpaired) electrons. The van der Waals surface area contributed by atoms with Crippen molar-refractivity contribution in [2.45, 2.75) is 0 Å². The Kier molecular flexibility index (Phi) is 4.37. The van der Waals surface area contributed by atoms with Gasteiger partial charge >= 0.3 is 0 Å². The minimum Gasteiger partial charge on any atom is -0.237 e. The topological polar surface area (TPSA) is 52.9 Å². The second-order valence-corrected chi connectivity index (χ2v) is 4.49. The summed E-state index contributed by atoms with van der Waals surface area (Å²) in [7, 11) is 0. The van der Waals surface area contributed by atoms with E-state index in [4.69, 9.17) is 0 Å². The molecular weight excluding hydrogens is 274 g/mol. The van der Waals surface area contributed by atoms with Crippen LogP contribution in [0.5, 0.6) is 0 Å². The van der Waals surface area contributed by atoms with Gasteiger partial charge in [0.05, 0.1) is 11.4 Å². The SMILES string of the molecule is c1ccc(N=NNN(c2ccccc2)c2ccccn2)cc1. The molecular formula is C17H15N5. The Morgan fingerprint density at radius 3 is 2.14 bits per heavy atom. The lowest BCUT2D eigenvalue weighted by Crippen LogP contribution is -2.29. The van der Waals surface area contributed by atoms with Crippen LogP contribution < -0.4 is 10.5 Å². The summed E-state index contributed by atoms with van der Waals surface area (Å²) in [5.41, 5.74) is 4.64. The summed E-state index contributed by atoms with van der Waals surface area (Å²) in [4.78, 5) is 4.34. The molecule has 0 fully saturated rings. The third-order valence-corrected chi connectivity index (χ3v) is 2.96. The summed E-state index contributed by atoms with van der Waals surface area (Å²) < 4.78 is 0. The molecule has 1 heterocycles. The van der Waals surface area contributed by atoms with Gasteiger partial charge in [-0.1, -0.05) is 47.7 Å². The number of para-hydroxylation sites is 1. The quantitative estimate of drug-likeness (QED) is 0.558. The first kappa shape index (κ1) is 13.8. The van der Waals surface area contributed by atoms with Crippen LogP contribution in [0.3, 0.4) is 0 Å². The van der Waals surface area contributed by atoms with Gasteiger partial charge in [-0.2, -0.15) is 5.53 Å². The number of nitrogens with one attached hydrogen (secondary N) is 1. The Bertz CT molecular complexity index is 674. The molecule has 1 aromatic heterocycles. The van der Waals surface area contributed by atoms with Crippen LogP contribution in [0.1, 0.15) is 0 Å². The molecule has 0 aliphatic rings. The van der Waals surface area contributed by atoms with Crippen molar-refractivity contribution in [1.29, 1.82) is 0 Å². The van der Waals surface area contributed by atoms with E-state index in [-0.39, 0.29) is 0 Å². The predicted molar refractivity (Wildman–Crippen MR) is 86.9 cm³/mol. The number of nitrogens with zero attached hydrogens (tertiary/aromatic N) is 4. The van der Waals surface area contributed by atoms with E-state index in [9.17, 15) is 0 Å². The maximum atomic E-state index is 4.34. The van der Waals surface area contributed by atoms with Gasteiger partial charge in [-0.25, -0.2) is 9.99 Å². The van der Waals surface area contributed by atoms with Gasteiger partial charge in [-0.3, -0.25) is 0 Å². The second kappa shape index (κ2) is 6.99. The van der Waals surface area contributed by atoms with E-state index in [0.29, 0.717) is 0 Å². The van der Waals surface area contributed by atoms with Crippen molar-refractivity contribution in [2.24, 2.45) is 10.3 Å². The minimum absolute atomic E-state index is 0.737. The lowest BCUT2D eigenvalue weighted by molar-refractivity contribution is 0.704. The van der Waals surface area contributed by atoms with Crippen molar-refractivity contribution in [3.63, 3.8) is 0 Å². The lowest BCUT2D eigenvalue weighted by atomic mass is 10.3. The second-order valence-electron chi connectivity index (χ2n) is 4.49. The molecule has 0 saturated heterocycles. The summed E-state index contributed by atoms with van der Waals surface area (Å²) in [5, 5.41) is 9.97. The lowest BCUT2D eigenvalue weighted by Gasteiger charge is -2.21. The number of anilines is 2. The van der Waals surface area contributed by atoms with Crippen LogP contribution >= 0.6 is 0 Å². The van der Waals surface area contributed by atoms with Gasteiger partial charge in [0.1, 0.15) is 0 Å². The first-order chi connectivity index (χ1) is 10.9. The molecule has 0 amide bonds. The summed E-state index contributed by atoms with van der Waals surface area (Å²) in [5.74, 6) is 0.737. The van der Waals surface area contributed by atoms with E-state index >= 15 is 0 Å². The normalized spacial score (nSPS) is 10.5. The molecule has 5 heteroatoms. The van der Waals surface area contributed by atoms with Crippen LogP contribution in [-0.4, -0.2) is 4.98 Å². The fourth-order valence-electron chi connectivity index (χ4n) is 1.92. The fraction of sp³-hybridized carbons (Fsp3) is 0. The predicted octanol–water partition coefficient (Wildman–Crippen LogP) is 4.42. The van der Waals surface area contributed by atoms with E-state index in [1.54, 1.807) is 11.2 Å². The van der Waals surface area contributed by atoms with Gasteiger partial charge in [0, 0.05) is 6.20 Å². The highest BCUT2D eigenvalue weighted by molar-refractivity contribution is 5.57. The Morgan fingerprint density at radius 1 is 0.773 bits per heavy atom. The van der Waals surface area contributed by atoms with Crippen molar-refractivity contribution in [2.75, 3.05) is 5.01 Å². The zero-order valence-electron chi connectivity index (χ0n) is 11.9. The number of hydrazine groups is 1. The molecule has 108 valence electrons.